The molecule has 0 fully saturated rings. The second kappa shape index (κ2) is 11.0. The molecule has 0 radical (unpaired) electrons. The van der Waals surface area contributed by atoms with Crippen molar-refractivity contribution in [3.63, 3.8) is 0 Å². The van der Waals surface area contributed by atoms with Crippen LogP contribution in [0.15, 0.2) is 53.5 Å². The van der Waals surface area contributed by atoms with Crippen LogP contribution in [0.2, 0.25) is 0 Å². The predicted octanol–water partition coefficient (Wildman–Crippen LogP) is 1.84. The Morgan fingerprint density at radius 3 is 2.56 bits per heavy atom. The molecule has 1 amide bonds. The van der Waals surface area contributed by atoms with Crippen LogP contribution in [0.5, 0.6) is 0 Å². The molecule has 6 nitrogen and oxygen atoms in total. The zero-order chi connectivity index (χ0) is 19.5. The second-order valence-corrected chi connectivity index (χ2v) is 6.08. The van der Waals surface area contributed by atoms with Crippen LogP contribution in [0.4, 0.5) is 0 Å². The van der Waals surface area contributed by atoms with Crippen LogP contribution in [-0.2, 0) is 19.6 Å². The van der Waals surface area contributed by atoms with Gasteiger partial charge in [-0.15, -0.1) is 0 Å². The Hall–Kier alpha value is -2.86. The van der Waals surface area contributed by atoms with Gasteiger partial charge in [0.25, 0.3) is 5.91 Å². The first-order valence-electron chi connectivity index (χ1n) is 9.18. The number of amides is 1. The van der Waals surface area contributed by atoms with Crippen LogP contribution in [0.1, 0.15) is 34.0 Å². The van der Waals surface area contributed by atoms with E-state index in [0.717, 1.165) is 35.6 Å². The molecule has 2 aromatic rings. The normalized spacial score (nSPS) is 11.1. The minimum absolute atomic E-state index is 0.0112. The van der Waals surface area contributed by atoms with Crippen molar-refractivity contribution in [1.82, 2.24) is 16.0 Å². The van der Waals surface area contributed by atoms with Crippen LogP contribution in [0.3, 0.4) is 0 Å². The lowest BCUT2D eigenvalue weighted by molar-refractivity contribution is 0.0963. The Bertz CT molecular complexity index is 774. The topological polar surface area (TPSA) is 85.8 Å². The first-order valence-corrected chi connectivity index (χ1v) is 9.18. The Morgan fingerprint density at radius 2 is 1.85 bits per heavy atom. The van der Waals surface area contributed by atoms with Crippen LogP contribution in [-0.4, -0.2) is 37.1 Å². The Morgan fingerprint density at radius 1 is 1.07 bits per heavy atom. The van der Waals surface area contributed by atoms with Gasteiger partial charge in [-0.3, -0.25) is 4.79 Å². The van der Waals surface area contributed by atoms with Crippen LogP contribution in [0, 0.1) is 0 Å². The summed E-state index contributed by atoms with van der Waals surface area (Å²) in [6, 6.07) is 15.4. The molecule has 4 N–H and O–H groups in total. The SMILES string of the molecule is CCNC(=NCc1ccccc1CO)NCCc1cccc(C(=O)NC)c1. The highest BCUT2D eigenvalue weighted by atomic mass is 16.3. The van der Waals surface area contributed by atoms with E-state index in [4.69, 9.17) is 0 Å². The van der Waals surface area contributed by atoms with Crippen molar-refractivity contribution in [1.29, 1.82) is 0 Å². The maximum atomic E-state index is 11.7. The van der Waals surface area contributed by atoms with E-state index in [2.05, 4.69) is 20.9 Å². The van der Waals surface area contributed by atoms with Crippen molar-refractivity contribution in [2.75, 3.05) is 20.1 Å². The molecule has 27 heavy (non-hydrogen) atoms. The lowest BCUT2D eigenvalue weighted by Crippen LogP contribution is -2.38. The van der Waals surface area contributed by atoms with E-state index in [1.165, 1.54) is 0 Å². The quantitative estimate of drug-likeness (QED) is 0.423. The van der Waals surface area contributed by atoms with Crippen LogP contribution in [0.25, 0.3) is 0 Å². The molecule has 0 bridgehead atoms. The number of nitrogens with zero attached hydrogens (tertiary/aromatic N) is 1. The summed E-state index contributed by atoms with van der Waals surface area (Å²) in [6.45, 7) is 3.99. The molecule has 144 valence electrons. The molecule has 0 aliphatic rings. The van der Waals surface area contributed by atoms with Gasteiger partial charge in [-0.1, -0.05) is 36.4 Å². The van der Waals surface area contributed by atoms with Crippen molar-refractivity contribution in [3.05, 3.63) is 70.8 Å². The summed E-state index contributed by atoms with van der Waals surface area (Å²) in [5.41, 5.74) is 3.65. The summed E-state index contributed by atoms with van der Waals surface area (Å²) in [6.07, 6.45) is 0.780. The van der Waals surface area contributed by atoms with Gasteiger partial charge >= 0.3 is 0 Å². The summed E-state index contributed by atoms with van der Waals surface area (Å²) in [7, 11) is 1.63. The highest BCUT2D eigenvalue weighted by Crippen LogP contribution is 2.10. The summed E-state index contributed by atoms with van der Waals surface area (Å²) >= 11 is 0. The number of hydrogen-bond acceptors (Lipinski definition) is 3. The average molecular weight is 368 g/mol. The van der Waals surface area contributed by atoms with E-state index >= 15 is 0 Å². The fourth-order valence-corrected chi connectivity index (χ4v) is 2.71. The Balaban J connectivity index is 1.95. The number of guanidine groups is 1. The van der Waals surface area contributed by atoms with Gasteiger partial charge in [0.05, 0.1) is 13.2 Å². The number of hydrogen-bond donors (Lipinski definition) is 4. The third-order valence-electron chi connectivity index (χ3n) is 4.16. The monoisotopic (exact) mass is 368 g/mol. The molecule has 0 unspecified atom stereocenters. The molecule has 2 aromatic carbocycles. The Labute approximate surface area is 160 Å². The molecule has 0 spiro atoms. The fourth-order valence-electron chi connectivity index (χ4n) is 2.71. The number of rotatable bonds is 8. The van der Waals surface area contributed by atoms with Gasteiger partial charge in [-0.25, -0.2) is 4.99 Å². The summed E-state index contributed by atoms with van der Waals surface area (Å²) in [5.74, 6) is 0.648. The van der Waals surface area contributed by atoms with Gasteiger partial charge in [-0.05, 0) is 42.2 Å². The highest BCUT2D eigenvalue weighted by molar-refractivity contribution is 5.94. The predicted molar refractivity (Wildman–Crippen MR) is 109 cm³/mol. The number of aliphatic hydroxyl groups excluding tert-OH is 1. The highest BCUT2D eigenvalue weighted by Gasteiger charge is 2.05. The summed E-state index contributed by atoms with van der Waals surface area (Å²) in [5, 5.41) is 18.6. The number of aliphatic imine (C=N–C) groups is 1. The molecule has 0 heterocycles. The molecule has 0 aromatic heterocycles. The molecule has 0 aliphatic heterocycles. The third kappa shape index (κ3) is 6.42. The van der Waals surface area contributed by atoms with Gasteiger partial charge in [0.2, 0.25) is 0 Å². The molecular weight excluding hydrogens is 340 g/mol. The van der Waals surface area contributed by atoms with E-state index in [-0.39, 0.29) is 12.5 Å². The lowest BCUT2D eigenvalue weighted by Gasteiger charge is -2.12. The largest absolute Gasteiger partial charge is 0.392 e. The minimum Gasteiger partial charge on any atom is -0.392 e. The number of carbonyl (C=O) groups excluding carboxylic acids is 1. The van der Waals surface area contributed by atoms with Crippen molar-refractivity contribution in [2.45, 2.75) is 26.5 Å². The molecule has 0 atom stereocenters. The summed E-state index contributed by atoms with van der Waals surface area (Å²) < 4.78 is 0. The van der Waals surface area contributed by atoms with Gasteiger partial charge in [-0.2, -0.15) is 0 Å². The standard InChI is InChI=1S/C21H28N4O2/c1-3-23-21(25-14-18-8-4-5-9-19(18)15-26)24-12-11-16-7-6-10-17(13-16)20(27)22-2/h4-10,13,26H,3,11-12,14-15H2,1-2H3,(H,22,27)(H2,23,24,25). The van der Waals surface area contributed by atoms with E-state index in [9.17, 15) is 9.90 Å². The van der Waals surface area contributed by atoms with Crippen molar-refractivity contribution in [2.24, 2.45) is 4.99 Å². The van der Waals surface area contributed by atoms with Gasteiger partial charge in [0, 0.05) is 25.7 Å². The van der Waals surface area contributed by atoms with Gasteiger partial charge in [0.1, 0.15) is 0 Å². The number of carbonyl (C=O) groups is 1. The third-order valence-corrected chi connectivity index (χ3v) is 4.16. The lowest BCUT2D eigenvalue weighted by atomic mass is 10.1. The maximum absolute atomic E-state index is 11.7. The van der Waals surface area contributed by atoms with E-state index in [0.29, 0.717) is 18.7 Å². The fraction of sp³-hybridized carbons (Fsp3) is 0.333. The Kier molecular flexibility index (Phi) is 8.32. The van der Waals surface area contributed by atoms with E-state index < -0.39 is 0 Å². The van der Waals surface area contributed by atoms with Crippen LogP contribution < -0.4 is 16.0 Å². The molecule has 0 saturated carbocycles. The average Bonchev–Trinajstić information content (AvgIpc) is 2.71. The van der Waals surface area contributed by atoms with Crippen molar-refractivity contribution >= 4 is 11.9 Å². The first kappa shape index (κ1) is 20.5. The van der Waals surface area contributed by atoms with Crippen LogP contribution >= 0.6 is 0 Å². The van der Waals surface area contributed by atoms with E-state index in [1.54, 1.807) is 13.1 Å². The maximum Gasteiger partial charge on any atom is 0.251 e. The zero-order valence-corrected chi connectivity index (χ0v) is 16.0. The molecule has 2 rings (SSSR count). The van der Waals surface area contributed by atoms with Gasteiger partial charge < -0.3 is 21.1 Å². The second-order valence-electron chi connectivity index (χ2n) is 6.08. The minimum atomic E-state index is -0.0812. The van der Waals surface area contributed by atoms with Crippen molar-refractivity contribution in [3.8, 4) is 0 Å². The number of nitrogens with one attached hydrogen (secondary N) is 3. The first-order chi connectivity index (χ1) is 13.2. The number of benzene rings is 2. The van der Waals surface area contributed by atoms with Crippen molar-refractivity contribution < 1.29 is 9.90 Å². The molecule has 0 saturated heterocycles. The van der Waals surface area contributed by atoms with E-state index in [1.807, 2.05) is 49.4 Å². The van der Waals surface area contributed by atoms with Gasteiger partial charge in [0.15, 0.2) is 5.96 Å². The molecular formula is C21H28N4O2. The smallest absolute Gasteiger partial charge is 0.251 e. The molecule has 0 aliphatic carbocycles. The molecule has 6 heteroatoms. The number of aliphatic hydroxyl groups is 1. The summed E-state index contributed by atoms with van der Waals surface area (Å²) in [4.78, 5) is 16.3. The zero-order valence-electron chi connectivity index (χ0n) is 16.0.